The van der Waals surface area contributed by atoms with Gasteiger partial charge in [-0.15, -0.1) is 0 Å². The Hall–Kier alpha value is -3.38. The predicted octanol–water partition coefficient (Wildman–Crippen LogP) is 4.69. The van der Waals surface area contributed by atoms with Crippen molar-refractivity contribution in [2.75, 3.05) is 18.5 Å². The van der Waals surface area contributed by atoms with Crippen LogP contribution in [0.1, 0.15) is 16.7 Å². The van der Waals surface area contributed by atoms with E-state index in [2.05, 4.69) is 5.32 Å². The number of benzene rings is 2. The van der Waals surface area contributed by atoms with Gasteiger partial charge in [0.05, 0.1) is 0 Å². The van der Waals surface area contributed by atoms with Crippen molar-refractivity contribution in [1.29, 1.82) is 0 Å². The van der Waals surface area contributed by atoms with Crippen LogP contribution in [0.15, 0.2) is 67.0 Å². The molecule has 4 rings (SSSR count). The van der Waals surface area contributed by atoms with Gasteiger partial charge in [-0.05, 0) is 49.7 Å². The van der Waals surface area contributed by atoms with Crippen molar-refractivity contribution in [2.24, 2.45) is 0 Å². The zero-order valence-corrected chi connectivity index (χ0v) is 17.7. The summed E-state index contributed by atoms with van der Waals surface area (Å²) >= 11 is 5.73. The highest BCUT2D eigenvalue weighted by molar-refractivity contribution is 7.81. The number of thiocarbonyl (C=S) groups is 1. The molecule has 0 radical (unpaired) electrons. The van der Waals surface area contributed by atoms with Crippen molar-refractivity contribution < 1.29 is 19.1 Å². The molecule has 6 heteroatoms. The Morgan fingerprint density at radius 3 is 2.53 bits per heavy atom. The molecule has 0 atom stereocenters. The van der Waals surface area contributed by atoms with E-state index in [9.17, 15) is 5.11 Å². The molecule has 0 spiro atoms. The number of ether oxygens (including phenoxy) is 2. The standard InChI is InChI=1S/C24H22N2O3S/c1-16-6-5-11-26(15-16)22(24(30)25-19-8-4-3-7-17(19)2)23(27)18-9-10-20-21(14-18)29-13-12-28-20/h3-11,14-15H,12-13H2,1-2H3,(H-,25,27,30)/p+1. The monoisotopic (exact) mass is 419 g/mol. The van der Waals surface area contributed by atoms with Crippen LogP contribution in [0.3, 0.4) is 0 Å². The third kappa shape index (κ3) is 4.14. The number of aliphatic hydroxyl groups is 1. The van der Waals surface area contributed by atoms with E-state index in [1.807, 2.05) is 67.2 Å². The van der Waals surface area contributed by atoms with Crippen LogP contribution in [0.4, 0.5) is 5.69 Å². The van der Waals surface area contributed by atoms with E-state index in [-0.39, 0.29) is 5.76 Å². The number of fused-ring (bicyclic) bond motifs is 1. The topological polar surface area (TPSA) is 54.6 Å². The summed E-state index contributed by atoms with van der Waals surface area (Å²) in [5, 5.41) is 14.6. The van der Waals surface area contributed by atoms with Gasteiger partial charge in [0.1, 0.15) is 13.2 Å². The lowest BCUT2D eigenvalue weighted by molar-refractivity contribution is -0.576. The number of nitrogens with one attached hydrogen (secondary N) is 1. The fraction of sp³-hybridized carbons (Fsp3) is 0.167. The molecular formula is C24H23N2O3S+. The van der Waals surface area contributed by atoms with Crippen molar-refractivity contribution in [1.82, 2.24) is 0 Å². The van der Waals surface area contributed by atoms with Crippen LogP contribution in [0.25, 0.3) is 11.5 Å². The molecule has 0 amide bonds. The maximum absolute atomic E-state index is 11.3. The molecule has 2 N–H and O–H groups in total. The Bertz CT molecular complexity index is 1140. The van der Waals surface area contributed by atoms with Gasteiger partial charge in [0.15, 0.2) is 34.6 Å². The number of pyridine rings is 1. The summed E-state index contributed by atoms with van der Waals surface area (Å²) in [6.07, 6.45) is 3.79. The number of anilines is 1. The van der Waals surface area contributed by atoms with Crippen LogP contribution in [0.5, 0.6) is 11.5 Å². The molecule has 0 saturated heterocycles. The van der Waals surface area contributed by atoms with Crippen molar-refractivity contribution in [3.8, 4) is 11.5 Å². The van der Waals surface area contributed by atoms with Gasteiger partial charge >= 0.3 is 0 Å². The van der Waals surface area contributed by atoms with Crippen LogP contribution in [-0.4, -0.2) is 23.3 Å². The lowest BCUT2D eigenvalue weighted by Gasteiger charge is -2.19. The highest BCUT2D eigenvalue weighted by Gasteiger charge is 2.25. The molecule has 0 aliphatic carbocycles. The molecule has 152 valence electrons. The number of nitrogens with zero attached hydrogens (tertiary/aromatic N) is 1. The number of hydrogen-bond donors (Lipinski definition) is 2. The molecule has 2 heterocycles. The van der Waals surface area contributed by atoms with Gasteiger partial charge in [0, 0.05) is 22.9 Å². The van der Waals surface area contributed by atoms with E-state index >= 15 is 0 Å². The van der Waals surface area contributed by atoms with Gasteiger partial charge in [-0.2, -0.15) is 4.57 Å². The van der Waals surface area contributed by atoms with Gasteiger partial charge in [-0.25, -0.2) is 0 Å². The second-order valence-electron chi connectivity index (χ2n) is 7.11. The first-order valence-electron chi connectivity index (χ1n) is 9.71. The molecule has 30 heavy (non-hydrogen) atoms. The average Bonchev–Trinajstić information content (AvgIpc) is 2.75. The molecule has 0 unspecified atom stereocenters. The minimum Gasteiger partial charge on any atom is -0.502 e. The van der Waals surface area contributed by atoms with Gasteiger partial charge in [-0.3, -0.25) is 0 Å². The van der Waals surface area contributed by atoms with Gasteiger partial charge in [-0.1, -0.05) is 30.4 Å². The zero-order valence-electron chi connectivity index (χ0n) is 16.9. The summed E-state index contributed by atoms with van der Waals surface area (Å²) in [5.41, 5.74) is 4.07. The third-order valence-corrected chi connectivity index (χ3v) is 5.15. The number of aromatic nitrogens is 1. The quantitative estimate of drug-likeness (QED) is 0.278. The van der Waals surface area contributed by atoms with Crippen LogP contribution < -0.4 is 19.4 Å². The van der Waals surface area contributed by atoms with E-state index in [1.54, 1.807) is 18.2 Å². The van der Waals surface area contributed by atoms with Crippen molar-refractivity contribution in [3.63, 3.8) is 0 Å². The van der Waals surface area contributed by atoms with Crippen molar-refractivity contribution in [3.05, 3.63) is 83.7 Å². The van der Waals surface area contributed by atoms with Crippen LogP contribution >= 0.6 is 12.2 Å². The maximum Gasteiger partial charge on any atom is 0.288 e. The molecule has 1 aliphatic rings. The second-order valence-corrected chi connectivity index (χ2v) is 7.52. The highest BCUT2D eigenvalue weighted by Crippen LogP contribution is 2.33. The molecule has 0 saturated carbocycles. The molecule has 2 aromatic carbocycles. The molecule has 0 bridgehead atoms. The summed E-state index contributed by atoms with van der Waals surface area (Å²) in [6, 6.07) is 17.2. The van der Waals surface area contributed by atoms with Crippen LogP contribution in [0.2, 0.25) is 0 Å². The summed E-state index contributed by atoms with van der Waals surface area (Å²) in [5.74, 6) is 1.33. The summed E-state index contributed by atoms with van der Waals surface area (Å²) < 4.78 is 13.1. The summed E-state index contributed by atoms with van der Waals surface area (Å²) in [7, 11) is 0. The smallest absolute Gasteiger partial charge is 0.288 e. The third-order valence-electron chi connectivity index (χ3n) is 4.85. The Morgan fingerprint density at radius 2 is 1.77 bits per heavy atom. The summed E-state index contributed by atoms with van der Waals surface area (Å²) in [4.78, 5) is 0.410. The largest absolute Gasteiger partial charge is 0.502 e. The first-order valence-corrected chi connectivity index (χ1v) is 10.1. The van der Waals surface area contributed by atoms with Crippen molar-refractivity contribution in [2.45, 2.75) is 13.8 Å². The number of para-hydroxylation sites is 1. The van der Waals surface area contributed by atoms with Crippen LogP contribution in [-0.2, 0) is 0 Å². The van der Waals surface area contributed by atoms with Gasteiger partial charge < -0.3 is 19.9 Å². The minimum atomic E-state index is 0.0497. The fourth-order valence-corrected chi connectivity index (χ4v) is 3.61. The number of aryl methyl sites for hydroxylation is 2. The minimum absolute atomic E-state index is 0.0497. The molecular weight excluding hydrogens is 396 g/mol. The lowest BCUT2D eigenvalue weighted by atomic mass is 10.1. The molecule has 3 aromatic rings. The zero-order chi connectivity index (χ0) is 21.1. The highest BCUT2D eigenvalue weighted by atomic mass is 32.1. The SMILES string of the molecule is Cc1ccc[n+](/C(C(=S)Nc2ccccc2C)=C(\O)c2ccc3c(c2)OCCO3)c1. The number of aliphatic hydroxyl groups excluding tert-OH is 1. The number of rotatable bonds is 4. The predicted molar refractivity (Wildman–Crippen MR) is 122 cm³/mol. The maximum atomic E-state index is 11.3. The van der Waals surface area contributed by atoms with Gasteiger partial charge in [0.2, 0.25) is 0 Å². The first kappa shape index (κ1) is 19.9. The van der Waals surface area contributed by atoms with E-state index in [0.29, 0.717) is 41.0 Å². The normalized spacial score (nSPS) is 13.4. The molecule has 1 aliphatic heterocycles. The fourth-order valence-electron chi connectivity index (χ4n) is 3.30. The van der Waals surface area contributed by atoms with Crippen molar-refractivity contribution >= 4 is 34.3 Å². The van der Waals surface area contributed by atoms with Crippen LogP contribution in [0, 0.1) is 13.8 Å². The molecule has 5 nitrogen and oxygen atoms in total. The van der Waals surface area contributed by atoms with Gasteiger partial charge in [0.25, 0.3) is 5.70 Å². The molecule has 0 fully saturated rings. The van der Waals surface area contributed by atoms with E-state index in [0.717, 1.165) is 16.8 Å². The first-order chi connectivity index (χ1) is 14.5. The van der Waals surface area contributed by atoms with E-state index in [4.69, 9.17) is 21.7 Å². The second kappa shape index (κ2) is 8.55. The molecule has 1 aromatic heterocycles. The average molecular weight is 420 g/mol. The Kier molecular flexibility index (Phi) is 5.68. The summed E-state index contributed by atoms with van der Waals surface area (Å²) in [6.45, 7) is 5.00. The van der Waals surface area contributed by atoms with E-state index < -0.39 is 0 Å². The lowest BCUT2D eigenvalue weighted by Crippen LogP contribution is -2.38. The Balaban J connectivity index is 1.80. The Labute approximate surface area is 181 Å². The Morgan fingerprint density at radius 1 is 1.00 bits per heavy atom. The van der Waals surface area contributed by atoms with E-state index in [1.165, 1.54) is 0 Å². The number of hydrogen-bond acceptors (Lipinski definition) is 4.